The Morgan fingerprint density at radius 1 is 1.23 bits per heavy atom. The van der Waals surface area contributed by atoms with Crippen LogP contribution in [0.1, 0.15) is 29.8 Å². The van der Waals surface area contributed by atoms with E-state index in [0.717, 1.165) is 32.5 Å². The van der Waals surface area contributed by atoms with Gasteiger partial charge in [-0.15, -0.1) is 0 Å². The van der Waals surface area contributed by atoms with Crippen molar-refractivity contribution in [1.82, 2.24) is 19.4 Å². The highest BCUT2D eigenvalue weighted by atomic mass is 32.2. The second-order valence-corrected chi connectivity index (χ2v) is 8.91. The zero-order valence-corrected chi connectivity index (χ0v) is 16.6. The molecule has 1 N–H and O–H groups in total. The van der Waals surface area contributed by atoms with Crippen LogP contribution in [0.5, 0.6) is 0 Å². The number of nitrogens with zero attached hydrogens (tertiary/aromatic N) is 3. The molecule has 2 aromatic rings. The van der Waals surface area contributed by atoms with Gasteiger partial charge in [0.05, 0.1) is 11.4 Å². The lowest BCUT2D eigenvalue weighted by Crippen LogP contribution is -2.40. The number of likely N-dealkylation sites (tertiary alicyclic amines) is 1. The highest BCUT2D eigenvalue weighted by molar-refractivity contribution is 7.89. The van der Waals surface area contributed by atoms with Crippen molar-refractivity contribution in [1.29, 1.82) is 0 Å². The van der Waals surface area contributed by atoms with Crippen LogP contribution in [0.4, 0.5) is 0 Å². The van der Waals surface area contributed by atoms with Gasteiger partial charge in [0, 0.05) is 26.7 Å². The Kier molecular flexibility index (Phi) is 5.79. The molecule has 1 aromatic heterocycles. The van der Waals surface area contributed by atoms with Gasteiger partial charge in [-0.2, -0.15) is 5.10 Å². The van der Waals surface area contributed by atoms with E-state index in [-0.39, 0.29) is 0 Å². The Balaban J connectivity index is 1.60. The third-order valence-corrected chi connectivity index (χ3v) is 6.80. The summed E-state index contributed by atoms with van der Waals surface area (Å²) < 4.78 is 29.9. The maximum absolute atomic E-state index is 12.7. The largest absolute Gasteiger partial charge is 0.299 e. The summed E-state index contributed by atoms with van der Waals surface area (Å²) in [6, 6.07) is 10.4. The number of nitrogens with one attached hydrogen (secondary N) is 1. The van der Waals surface area contributed by atoms with Gasteiger partial charge in [0.15, 0.2) is 0 Å². The zero-order chi connectivity index (χ0) is 18.7. The van der Waals surface area contributed by atoms with E-state index in [4.69, 9.17) is 0 Å². The SMILES string of the molecule is Cc1nn(C)c(C)c1S(=O)(=O)NC[C@@H]1CCCN(Cc2ccccc2)C1. The average molecular weight is 377 g/mol. The lowest BCUT2D eigenvalue weighted by molar-refractivity contribution is 0.169. The molecular weight excluding hydrogens is 348 g/mol. The first-order valence-corrected chi connectivity index (χ1v) is 10.6. The van der Waals surface area contributed by atoms with E-state index in [1.54, 1.807) is 25.6 Å². The van der Waals surface area contributed by atoms with Crippen molar-refractivity contribution in [3.8, 4) is 0 Å². The molecule has 0 unspecified atom stereocenters. The van der Waals surface area contributed by atoms with Crippen LogP contribution in [-0.2, 0) is 23.6 Å². The minimum Gasteiger partial charge on any atom is -0.299 e. The number of hydrogen-bond donors (Lipinski definition) is 1. The Morgan fingerprint density at radius 3 is 2.62 bits per heavy atom. The predicted molar refractivity (Wildman–Crippen MR) is 102 cm³/mol. The Hall–Kier alpha value is -1.70. The van der Waals surface area contributed by atoms with Gasteiger partial charge in [-0.25, -0.2) is 13.1 Å². The van der Waals surface area contributed by atoms with Crippen LogP contribution < -0.4 is 4.72 Å². The van der Waals surface area contributed by atoms with Crippen LogP contribution in [0.3, 0.4) is 0 Å². The molecule has 6 nitrogen and oxygen atoms in total. The number of aromatic nitrogens is 2. The molecule has 1 aromatic carbocycles. The summed E-state index contributed by atoms with van der Waals surface area (Å²) >= 11 is 0. The molecule has 3 rings (SSSR count). The van der Waals surface area contributed by atoms with Gasteiger partial charge < -0.3 is 0 Å². The quantitative estimate of drug-likeness (QED) is 0.839. The van der Waals surface area contributed by atoms with Crippen molar-refractivity contribution >= 4 is 10.0 Å². The first-order valence-electron chi connectivity index (χ1n) is 9.13. The third-order valence-electron chi connectivity index (χ3n) is 5.13. The van der Waals surface area contributed by atoms with Crippen molar-refractivity contribution in [2.75, 3.05) is 19.6 Å². The highest BCUT2D eigenvalue weighted by Crippen LogP contribution is 2.21. The standard InChI is InChI=1S/C19H28N4O2S/c1-15-19(16(2)22(3)21-15)26(24,25)20-12-18-10-7-11-23(14-18)13-17-8-5-4-6-9-17/h4-6,8-9,18,20H,7,10-14H2,1-3H3/t18-/m0/s1. The smallest absolute Gasteiger partial charge is 0.244 e. The van der Waals surface area contributed by atoms with Gasteiger partial charge in [0.25, 0.3) is 0 Å². The third kappa shape index (κ3) is 4.34. The van der Waals surface area contributed by atoms with Crippen LogP contribution in [0, 0.1) is 19.8 Å². The fraction of sp³-hybridized carbons (Fsp3) is 0.526. The summed E-state index contributed by atoms with van der Waals surface area (Å²) in [5.74, 6) is 0.333. The minimum atomic E-state index is -3.53. The molecule has 26 heavy (non-hydrogen) atoms. The van der Waals surface area contributed by atoms with Gasteiger partial charge >= 0.3 is 0 Å². The Morgan fingerprint density at radius 2 is 1.96 bits per heavy atom. The van der Waals surface area contributed by atoms with Crippen molar-refractivity contribution in [2.45, 2.75) is 38.1 Å². The molecule has 7 heteroatoms. The zero-order valence-electron chi connectivity index (χ0n) is 15.8. The fourth-order valence-electron chi connectivity index (χ4n) is 3.75. The van der Waals surface area contributed by atoms with Gasteiger partial charge in [0.1, 0.15) is 4.90 Å². The molecular formula is C19H28N4O2S. The van der Waals surface area contributed by atoms with Gasteiger partial charge in [-0.1, -0.05) is 30.3 Å². The lowest BCUT2D eigenvalue weighted by Gasteiger charge is -2.32. The monoisotopic (exact) mass is 376 g/mol. The molecule has 0 spiro atoms. The summed E-state index contributed by atoms with van der Waals surface area (Å²) in [6.45, 7) is 6.91. The molecule has 1 aliphatic rings. The van der Waals surface area contributed by atoms with Crippen LogP contribution in [0.2, 0.25) is 0 Å². The summed E-state index contributed by atoms with van der Waals surface area (Å²) in [5.41, 5.74) is 2.52. The van der Waals surface area contributed by atoms with Crippen LogP contribution in [-0.4, -0.2) is 42.7 Å². The second-order valence-electron chi connectivity index (χ2n) is 7.20. The molecule has 1 atom stereocenters. The minimum absolute atomic E-state index is 0.317. The lowest BCUT2D eigenvalue weighted by atomic mass is 9.98. The van der Waals surface area contributed by atoms with Gasteiger partial charge in [0.2, 0.25) is 10.0 Å². The summed E-state index contributed by atoms with van der Waals surface area (Å²) in [4.78, 5) is 2.73. The number of benzene rings is 1. The molecule has 1 aliphatic heterocycles. The molecule has 2 heterocycles. The topological polar surface area (TPSA) is 67.2 Å². The number of sulfonamides is 1. The van der Waals surface area contributed by atoms with E-state index in [0.29, 0.717) is 28.7 Å². The number of piperidine rings is 1. The molecule has 142 valence electrons. The summed E-state index contributed by atoms with van der Waals surface area (Å²) in [5, 5.41) is 4.22. The van der Waals surface area contributed by atoms with Crippen molar-refractivity contribution < 1.29 is 8.42 Å². The van der Waals surface area contributed by atoms with Crippen molar-refractivity contribution in [3.05, 3.63) is 47.3 Å². The Bertz CT molecular complexity index is 846. The Labute approximate surface area is 156 Å². The molecule has 0 aliphatic carbocycles. The number of hydrogen-bond acceptors (Lipinski definition) is 4. The maximum Gasteiger partial charge on any atom is 0.244 e. The molecule has 1 saturated heterocycles. The second kappa shape index (κ2) is 7.90. The molecule has 1 fully saturated rings. The van der Waals surface area contributed by atoms with Crippen LogP contribution in [0.15, 0.2) is 35.2 Å². The maximum atomic E-state index is 12.7. The molecule has 0 radical (unpaired) electrons. The number of aryl methyl sites for hydroxylation is 2. The van der Waals surface area contributed by atoms with Gasteiger partial charge in [-0.3, -0.25) is 9.58 Å². The first kappa shape index (κ1) is 19.1. The van der Waals surface area contributed by atoms with Gasteiger partial charge in [-0.05, 0) is 44.7 Å². The average Bonchev–Trinajstić information content (AvgIpc) is 2.87. The molecule has 0 saturated carbocycles. The fourth-order valence-corrected chi connectivity index (χ4v) is 5.30. The van der Waals surface area contributed by atoms with E-state index >= 15 is 0 Å². The van der Waals surface area contributed by atoms with E-state index < -0.39 is 10.0 Å². The van der Waals surface area contributed by atoms with E-state index in [2.05, 4.69) is 39.0 Å². The number of rotatable bonds is 6. The first-order chi connectivity index (χ1) is 12.4. The van der Waals surface area contributed by atoms with E-state index in [1.165, 1.54) is 5.56 Å². The molecule has 0 bridgehead atoms. The van der Waals surface area contributed by atoms with Crippen molar-refractivity contribution in [3.63, 3.8) is 0 Å². The van der Waals surface area contributed by atoms with E-state index in [1.807, 2.05) is 6.07 Å². The predicted octanol–water partition coefficient (Wildman–Crippen LogP) is 2.23. The van der Waals surface area contributed by atoms with E-state index in [9.17, 15) is 8.42 Å². The van der Waals surface area contributed by atoms with Crippen LogP contribution >= 0.6 is 0 Å². The summed E-state index contributed by atoms with van der Waals surface area (Å²) in [6.07, 6.45) is 2.16. The van der Waals surface area contributed by atoms with Crippen LogP contribution in [0.25, 0.3) is 0 Å². The summed E-state index contributed by atoms with van der Waals surface area (Å²) in [7, 11) is -1.76. The normalized spacial score (nSPS) is 19.0. The highest BCUT2D eigenvalue weighted by Gasteiger charge is 2.26. The molecule has 0 amide bonds. The van der Waals surface area contributed by atoms with Crippen molar-refractivity contribution in [2.24, 2.45) is 13.0 Å².